The summed E-state index contributed by atoms with van der Waals surface area (Å²) in [5.74, 6) is 0.995. The summed E-state index contributed by atoms with van der Waals surface area (Å²) < 4.78 is 131. The van der Waals surface area contributed by atoms with Crippen LogP contribution in [0.15, 0.2) is 189 Å². The van der Waals surface area contributed by atoms with E-state index in [-0.39, 0.29) is 66.2 Å². The molecule has 0 atom stereocenters. The van der Waals surface area contributed by atoms with Crippen molar-refractivity contribution in [2.45, 2.75) is 71.0 Å². The molecule has 0 aliphatic carbocycles. The molecule has 11 heterocycles. The van der Waals surface area contributed by atoms with Crippen molar-refractivity contribution in [2.75, 3.05) is 50.2 Å². The van der Waals surface area contributed by atoms with Crippen molar-refractivity contribution in [3.63, 3.8) is 0 Å². The number of hydrogen-bond donors (Lipinski definition) is 4. The number of benzene rings is 6. The van der Waals surface area contributed by atoms with E-state index in [9.17, 15) is 18.3 Å². The summed E-state index contributed by atoms with van der Waals surface area (Å²) in [4.78, 5) is 29.5. The number of aliphatic hydroxyl groups excluding tert-OH is 1. The highest BCUT2D eigenvalue weighted by Crippen LogP contribution is 2.40. The van der Waals surface area contributed by atoms with E-state index < -0.39 is 29.8 Å². The highest BCUT2D eigenvalue weighted by Gasteiger charge is 2.28. The van der Waals surface area contributed by atoms with Crippen LogP contribution in [0, 0.1) is 30.2 Å². The van der Waals surface area contributed by atoms with Crippen LogP contribution in [0.4, 0.5) is 35.0 Å². The molecule has 9 aromatic heterocycles. The number of nitrogens with two attached hydrogens (primary N) is 3. The number of imidazole rings is 1. The fourth-order valence-electron chi connectivity index (χ4n) is 13.1. The Hall–Kier alpha value is -13.6. The molecule has 582 valence electrons. The molecule has 2 saturated heterocycles. The summed E-state index contributed by atoms with van der Waals surface area (Å²) in [6.07, 6.45) is 14.4. The van der Waals surface area contributed by atoms with Gasteiger partial charge < -0.3 is 69.3 Å². The van der Waals surface area contributed by atoms with Crippen molar-refractivity contribution < 1.29 is 67.9 Å². The van der Waals surface area contributed by atoms with E-state index in [1.54, 1.807) is 76.1 Å². The van der Waals surface area contributed by atoms with Crippen molar-refractivity contribution in [1.82, 2.24) is 73.4 Å². The summed E-state index contributed by atoms with van der Waals surface area (Å²) in [5.41, 5.74) is 26.9. The molecule has 0 bridgehead atoms. The van der Waals surface area contributed by atoms with Crippen LogP contribution in [0.25, 0.3) is 66.9 Å². The van der Waals surface area contributed by atoms with E-state index in [1.807, 2.05) is 89.6 Å². The lowest BCUT2D eigenvalue weighted by Gasteiger charge is -2.22. The topological polar surface area (TPSA) is 330 Å². The van der Waals surface area contributed by atoms with Crippen molar-refractivity contribution in [1.29, 1.82) is 0 Å². The SMILES string of the molecule is Cc1ccc(COc2cc(F)cc(Oc3ccc(-c4nn(C5CCOCC5)c5ncnc(N)c45)cc3)c2)c[n+]1C.Cn1cncc1COc1cc(F)cc(Oc2ccc(-c3nn(CCO)c4ncnc(N)c34)cc2)c1.[2H]C([2H])(Oc1cc(F)cc(Oc2ccc(-c3nn(C4CCOCC4)c4ncnc(N)c34)c(F)c2)c1)c1cccn1C. The van der Waals surface area contributed by atoms with Crippen LogP contribution in [0.5, 0.6) is 51.7 Å². The average molecular weight is 1550 g/mol. The van der Waals surface area contributed by atoms with Crippen LogP contribution in [-0.4, -0.2) is 112 Å². The molecule has 0 spiro atoms. The van der Waals surface area contributed by atoms with E-state index in [0.29, 0.717) is 124 Å². The van der Waals surface area contributed by atoms with Crippen molar-refractivity contribution in [3.05, 3.63) is 235 Å². The number of anilines is 3. The number of aromatic nitrogens is 16. The zero-order chi connectivity index (χ0) is 80.7. The number of nitrogens with zero attached hydrogens (tertiary/aromatic N) is 16. The second-order valence-electron chi connectivity index (χ2n) is 26.9. The molecule has 28 nitrogen and oxygen atoms in total. The minimum atomic E-state index is -2.24. The molecule has 2 fully saturated rings. The van der Waals surface area contributed by atoms with E-state index in [1.165, 1.54) is 61.4 Å². The van der Waals surface area contributed by atoms with Crippen LogP contribution in [0.1, 0.15) is 63.2 Å². The largest absolute Gasteiger partial charge is 0.488 e. The first-order chi connectivity index (χ1) is 56.1. The molecule has 7 N–H and O–H groups in total. The maximum Gasteiger partial charge on any atom is 0.177 e. The van der Waals surface area contributed by atoms with Crippen LogP contribution in [0.3, 0.4) is 0 Å². The third kappa shape index (κ3) is 17.3. The van der Waals surface area contributed by atoms with Gasteiger partial charge in [0, 0.05) is 137 Å². The van der Waals surface area contributed by atoms with Gasteiger partial charge in [-0.05, 0) is 105 Å². The van der Waals surface area contributed by atoms with Gasteiger partial charge in [0.05, 0.1) is 73.6 Å². The first-order valence-corrected chi connectivity index (χ1v) is 36.3. The summed E-state index contributed by atoms with van der Waals surface area (Å²) in [6, 6.07) is 38.2. The second-order valence-corrected chi connectivity index (χ2v) is 26.9. The Morgan fingerprint density at radius 1 is 0.518 bits per heavy atom. The third-order valence-electron chi connectivity index (χ3n) is 19.1. The zero-order valence-electron chi connectivity index (χ0n) is 64.2. The third-order valence-corrected chi connectivity index (χ3v) is 19.1. The summed E-state index contributed by atoms with van der Waals surface area (Å²) in [5, 5.41) is 25.3. The Morgan fingerprint density at radius 3 is 1.51 bits per heavy atom. The number of hydrogen-bond acceptors (Lipinski definition) is 22. The van der Waals surface area contributed by atoms with Gasteiger partial charge in [0.15, 0.2) is 28.8 Å². The number of pyridine rings is 1. The van der Waals surface area contributed by atoms with Crippen molar-refractivity contribution in [2.24, 2.45) is 21.1 Å². The van der Waals surface area contributed by atoms with E-state index in [0.717, 1.165) is 77.3 Å². The molecule has 2 aliphatic heterocycles. The lowest BCUT2D eigenvalue weighted by Crippen LogP contribution is -2.31. The van der Waals surface area contributed by atoms with Crippen LogP contribution < -0.4 is 50.2 Å². The number of rotatable bonds is 22. The standard InChI is InChI=1S/C30H30FN6O3.C28H26F2N6O3.C24H22FN7O3/c1-19-3-4-20(16-36(19)2)17-39-25-13-22(31)14-26(15-25)40-24-7-5-21(6-8-24)28-27-29(32)33-18-34-30(27)37(35-28)23-9-11-38-12-10-23;1-35-8-2-3-19(35)15-38-21-11-17(29)12-22(13-21)39-20-4-5-23(24(30)14-20)26-25-27(31)32-16-33-28(25)36(34-26)18-6-9-37-10-7-18;1-31-14-27-11-17(31)12-34-19-8-16(25)9-20(10-19)35-18-4-2-15(3-5-18)22-21-23(26)28-13-29-24(21)32(30-22)6-7-33/h3-8,13-16,18,23H,9-12,17H2,1-2H3,(H2,32,33,34);2-5,8,11-14,16,18H,6-7,9-10,15H2,1H3,(H2,31,32,33);2-5,8-11,13-14,33H,6-7,12H2,1H3,(H2,26,28,29)/q+1;;/i;15D2;. The molecular weight excluding hydrogens is 1470 g/mol. The van der Waals surface area contributed by atoms with Gasteiger partial charge in [0.1, 0.15) is 155 Å². The molecule has 32 heteroatoms. The van der Waals surface area contributed by atoms with Crippen LogP contribution >= 0.6 is 0 Å². The molecule has 2 aliphatic rings. The molecular formula is C82H78F4N19O9+. The van der Waals surface area contributed by atoms with Gasteiger partial charge in [-0.2, -0.15) is 15.3 Å². The summed E-state index contributed by atoms with van der Waals surface area (Å²) in [6.45, 7) is 3.09. The molecule has 0 saturated carbocycles. The fraction of sp³-hybridized carbons (Fsp3) is 0.232. The Bertz CT molecular complexity index is 6040. The number of fused-ring (bicyclic) bond motifs is 3. The molecule has 0 unspecified atom stereocenters. The highest BCUT2D eigenvalue weighted by atomic mass is 19.1. The predicted octanol–water partition coefficient (Wildman–Crippen LogP) is 13.8. The number of ether oxygens (including phenoxy) is 8. The first kappa shape index (κ1) is 73.2. The molecule has 17 rings (SSSR count). The number of nitrogen functional groups attached to an aromatic ring is 3. The normalized spacial score (nSPS) is 13.6. The lowest BCUT2D eigenvalue weighted by atomic mass is 10.1. The lowest BCUT2D eigenvalue weighted by molar-refractivity contribution is -0.678. The summed E-state index contributed by atoms with van der Waals surface area (Å²) in [7, 11) is 5.51. The molecule has 6 aromatic carbocycles. The Labute approximate surface area is 652 Å². The van der Waals surface area contributed by atoms with Gasteiger partial charge in [0.25, 0.3) is 0 Å². The van der Waals surface area contributed by atoms with Crippen LogP contribution in [-0.2, 0) is 56.9 Å². The van der Waals surface area contributed by atoms with Gasteiger partial charge >= 0.3 is 0 Å². The Morgan fingerprint density at radius 2 is 1.00 bits per heavy atom. The maximum absolute atomic E-state index is 15.5. The quantitative estimate of drug-likeness (QED) is 0.0362. The van der Waals surface area contributed by atoms with E-state index in [4.69, 9.17) is 68.0 Å². The van der Waals surface area contributed by atoms with E-state index >= 15 is 4.39 Å². The Balaban J connectivity index is 0.000000137. The minimum Gasteiger partial charge on any atom is -0.488 e. The van der Waals surface area contributed by atoms with Gasteiger partial charge in [-0.15, -0.1) is 0 Å². The Kier molecular flexibility index (Phi) is 21.8. The van der Waals surface area contributed by atoms with Gasteiger partial charge in [0.2, 0.25) is 0 Å². The number of aryl methyl sites for hydroxylation is 4. The van der Waals surface area contributed by atoms with Gasteiger partial charge in [-0.25, -0.2) is 71.1 Å². The molecule has 114 heavy (non-hydrogen) atoms. The highest BCUT2D eigenvalue weighted by molar-refractivity contribution is 6.00. The average Bonchev–Trinajstić information content (AvgIpc) is 1.62. The maximum atomic E-state index is 15.5. The minimum absolute atomic E-state index is 0.00159. The first-order valence-electron chi connectivity index (χ1n) is 37.3. The van der Waals surface area contributed by atoms with E-state index in [2.05, 4.69) is 40.0 Å². The van der Waals surface area contributed by atoms with Crippen LogP contribution in [0.2, 0.25) is 0 Å². The van der Waals surface area contributed by atoms with Gasteiger partial charge in [-0.3, -0.25) is 0 Å². The number of halogens is 4. The van der Waals surface area contributed by atoms with Gasteiger partial charge in [-0.1, -0.05) is 0 Å². The smallest absolute Gasteiger partial charge is 0.177 e. The zero-order valence-corrected chi connectivity index (χ0v) is 62.2. The summed E-state index contributed by atoms with van der Waals surface area (Å²) >= 11 is 0. The predicted molar refractivity (Wildman–Crippen MR) is 414 cm³/mol. The molecule has 15 aromatic rings. The molecule has 0 radical (unpaired) electrons. The molecule has 0 amide bonds. The monoisotopic (exact) mass is 1550 g/mol. The number of aliphatic hydroxyl groups is 1. The van der Waals surface area contributed by atoms with Crippen molar-refractivity contribution in [3.8, 4) is 85.5 Å². The second kappa shape index (κ2) is 33.9. The fourth-order valence-corrected chi connectivity index (χ4v) is 13.1. The van der Waals surface area contributed by atoms with Crippen molar-refractivity contribution >= 4 is 50.6 Å².